The molecule has 8 heteroatoms. The Morgan fingerprint density at radius 1 is 1.47 bits per heavy atom. The average molecular weight is 268 g/mol. The summed E-state index contributed by atoms with van der Waals surface area (Å²) in [4.78, 5) is 0. The van der Waals surface area contributed by atoms with Gasteiger partial charge in [0, 0.05) is 11.5 Å². The van der Waals surface area contributed by atoms with E-state index in [9.17, 15) is 12.6 Å². The molecule has 0 aromatic carbocycles. The molecule has 86 valence electrons. The highest BCUT2D eigenvalue weighted by atomic mass is 32.2. The molecule has 5 nitrogen and oxygen atoms in total. The van der Waals surface area contributed by atoms with Gasteiger partial charge in [-0.2, -0.15) is 0 Å². The molecule has 1 rings (SSSR count). The van der Waals surface area contributed by atoms with Crippen LogP contribution in [0.1, 0.15) is 20.3 Å². The van der Waals surface area contributed by atoms with Gasteiger partial charge in [0.1, 0.15) is 0 Å². The van der Waals surface area contributed by atoms with Gasteiger partial charge in [0.2, 0.25) is 18.5 Å². The van der Waals surface area contributed by atoms with Crippen LogP contribution in [0.4, 0.5) is 0 Å². The highest BCUT2D eigenvalue weighted by molar-refractivity contribution is 7.93. The van der Waals surface area contributed by atoms with E-state index in [1.807, 2.05) is 13.8 Å². The zero-order valence-electron chi connectivity index (χ0n) is 8.63. The van der Waals surface area contributed by atoms with E-state index < -0.39 is 20.6 Å². The SMILES string of the molecule is CCC(C)S(=O)c1nnc(S(C)(=O)=O)s1. The molecule has 0 bridgehead atoms. The van der Waals surface area contributed by atoms with Crippen molar-refractivity contribution in [2.24, 2.45) is 0 Å². The van der Waals surface area contributed by atoms with Gasteiger partial charge < -0.3 is 0 Å². The topological polar surface area (TPSA) is 77.0 Å². The first-order valence-corrected chi connectivity index (χ1v) is 8.22. The summed E-state index contributed by atoms with van der Waals surface area (Å²) in [5.41, 5.74) is 0. The van der Waals surface area contributed by atoms with Crippen LogP contribution in [-0.2, 0) is 20.6 Å². The van der Waals surface area contributed by atoms with Crippen LogP contribution in [0.3, 0.4) is 0 Å². The molecular weight excluding hydrogens is 256 g/mol. The first kappa shape index (κ1) is 12.7. The second-order valence-electron chi connectivity index (χ2n) is 3.12. The van der Waals surface area contributed by atoms with Crippen molar-refractivity contribution in [3.8, 4) is 0 Å². The molecule has 15 heavy (non-hydrogen) atoms. The predicted molar refractivity (Wildman–Crippen MR) is 59.2 cm³/mol. The molecule has 0 saturated carbocycles. The smallest absolute Gasteiger partial charge is 0.233 e. The van der Waals surface area contributed by atoms with Crippen molar-refractivity contribution in [2.75, 3.05) is 6.26 Å². The highest BCUT2D eigenvalue weighted by Crippen LogP contribution is 2.21. The summed E-state index contributed by atoms with van der Waals surface area (Å²) in [7, 11) is -4.60. The first-order chi connectivity index (χ1) is 6.86. The Kier molecular flexibility index (Phi) is 3.96. The minimum Gasteiger partial charge on any atom is -0.252 e. The second kappa shape index (κ2) is 4.67. The van der Waals surface area contributed by atoms with Gasteiger partial charge in [0.25, 0.3) is 0 Å². The Morgan fingerprint density at radius 3 is 2.47 bits per heavy atom. The van der Waals surface area contributed by atoms with Crippen LogP contribution >= 0.6 is 11.3 Å². The lowest BCUT2D eigenvalue weighted by molar-refractivity contribution is 0.599. The van der Waals surface area contributed by atoms with E-state index in [0.29, 0.717) is 0 Å². The standard InChI is InChI=1S/C7H12N2O3S3/c1-4-5(2)14(10)6-8-9-7(13-6)15(3,11)12/h5H,4H2,1-3H3. The minimum absolute atomic E-state index is 0.0367. The van der Waals surface area contributed by atoms with E-state index in [1.54, 1.807) is 0 Å². The zero-order chi connectivity index (χ0) is 11.6. The lowest BCUT2D eigenvalue weighted by Crippen LogP contribution is -2.08. The quantitative estimate of drug-likeness (QED) is 0.809. The lowest BCUT2D eigenvalue weighted by atomic mass is 10.4. The van der Waals surface area contributed by atoms with Crippen LogP contribution in [0.25, 0.3) is 0 Å². The summed E-state index contributed by atoms with van der Waals surface area (Å²) in [5, 5.41) is 7.12. The van der Waals surface area contributed by atoms with Crippen molar-refractivity contribution in [1.29, 1.82) is 0 Å². The fraction of sp³-hybridized carbons (Fsp3) is 0.714. The maximum atomic E-state index is 11.7. The third-order valence-electron chi connectivity index (χ3n) is 1.82. The minimum atomic E-state index is -3.34. The second-order valence-corrected chi connectivity index (χ2v) is 8.33. The number of hydrogen-bond donors (Lipinski definition) is 0. The molecule has 0 spiro atoms. The Labute approximate surface area is 95.3 Å². The van der Waals surface area contributed by atoms with Gasteiger partial charge in [-0.3, -0.25) is 4.21 Å². The Morgan fingerprint density at radius 2 is 2.07 bits per heavy atom. The monoisotopic (exact) mass is 268 g/mol. The molecule has 1 aromatic rings. The van der Waals surface area contributed by atoms with Gasteiger partial charge in [-0.15, -0.1) is 10.2 Å². The third-order valence-corrected chi connectivity index (χ3v) is 6.44. The molecule has 0 aliphatic carbocycles. The number of nitrogens with zero attached hydrogens (tertiary/aromatic N) is 2. The molecule has 0 fully saturated rings. The number of aromatic nitrogens is 2. The van der Waals surface area contributed by atoms with Gasteiger partial charge in [-0.05, 0) is 6.42 Å². The summed E-state index contributed by atoms with van der Waals surface area (Å²) >= 11 is 0.881. The molecule has 0 N–H and O–H groups in total. The van der Waals surface area contributed by atoms with E-state index >= 15 is 0 Å². The van der Waals surface area contributed by atoms with Crippen molar-refractivity contribution < 1.29 is 12.6 Å². The van der Waals surface area contributed by atoms with Crippen LogP contribution in [-0.4, -0.2) is 34.3 Å². The largest absolute Gasteiger partial charge is 0.252 e. The number of hydrogen-bond acceptors (Lipinski definition) is 6. The number of rotatable bonds is 4. The third kappa shape index (κ3) is 3.05. The first-order valence-electron chi connectivity index (χ1n) is 4.30. The maximum Gasteiger partial charge on any atom is 0.233 e. The molecule has 2 atom stereocenters. The van der Waals surface area contributed by atoms with Crippen molar-refractivity contribution in [3.05, 3.63) is 0 Å². The molecule has 0 radical (unpaired) electrons. The van der Waals surface area contributed by atoms with Crippen molar-refractivity contribution in [3.63, 3.8) is 0 Å². The van der Waals surface area contributed by atoms with Crippen LogP contribution in [0.2, 0.25) is 0 Å². The molecule has 0 amide bonds. The molecule has 1 aromatic heterocycles. The van der Waals surface area contributed by atoms with Crippen LogP contribution < -0.4 is 0 Å². The maximum absolute atomic E-state index is 11.7. The normalized spacial score (nSPS) is 16.2. The van der Waals surface area contributed by atoms with Gasteiger partial charge >= 0.3 is 0 Å². The van der Waals surface area contributed by atoms with Gasteiger partial charge in [0.05, 0.1) is 10.8 Å². The highest BCUT2D eigenvalue weighted by Gasteiger charge is 2.20. The van der Waals surface area contributed by atoms with E-state index in [1.165, 1.54) is 0 Å². The van der Waals surface area contributed by atoms with Gasteiger partial charge in [0.15, 0.2) is 0 Å². The van der Waals surface area contributed by atoms with Crippen molar-refractivity contribution in [1.82, 2.24) is 10.2 Å². The zero-order valence-corrected chi connectivity index (χ0v) is 11.1. The summed E-state index contributed by atoms with van der Waals surface area (Å²) in [6.07, 6.45) is 1.81. The van der Waals surface area contributed by atoms with Crippen LogP contribution in [0.5, 0.6) is 0 Å². The molecule has 0 saturated heterocycles. The predicted octanol–water partition coefficient (Wildman–Crippen LogP) is 0.848. The lowest BCUT2D eigenvalue weighted by Gasteiger charge is -2.03. The summed E-state index contributed by atoms with van der Waals surface area (Å²) in [6.45, 7) is 3.75. The molecule has 0 aliphatic heterocycles. The summed E-state index contributed by atoms with van der Waals surface area (Å²) < 4.78 is 34.2. The van der Waals surface area contributed by atoms with Gasteiger partial charge in [-0.25, -0.2) is 8.42 Å². The number of sulfone groups is 1. The molecular formula is C7H12N2O3S3. The van der Waals surface area contributed by atoms with E-state index in [4.69, 9.17) is 0 Å². The van der Waals surface area contributed by atoms with Crippen LogP contribution in [0, 0.1) is 0 Å². The van der Waals surface area contributed by atoms with Crippen molar-refractivity contribution >= 4 is 32.0 Å². The Hall–Kier alpha value is -0.340. The Balaban J connectivity index is 3.00. The average Bonchev–Trinajstić information content (AvgIpc) is 2.63. The van der Waals surface area contributed by atoms with Gasteiger partial charge in [-0.1, -0.05) is 25.2 Å². The molecule has 1 heterocycles. The fourth-order valence-electron chi connectivity index (χ4n) is 0.752. The summed E-state index contributed by atoms with van der Waals surface area (Å²) in [5.74, 6) is 0. The van der Waals surface area contributed by atoms with E-state index in [0.717, 1.165) is 24.0 Å². The Bertz CT molecular complexity index is 466. The molecule has 0 aliphatic rings. The van der Waals surface area contributed by atoms with E-state index in [2.05, 4.69) is 10.2 Å². The molecule has 2 unspecified atom stereocenters. The van der Waals surface area contributed by atoms with Crippen molar-refractivity contribution in [2.45, 2.75) is 34.2 Å². The van der Waals surface area contributed by atoms with Crippen LogP contribution in [0.15, 0.2) is 8.68 Å². The summed E-state index contributed by atoms with van der Waals surface area (Å²) in [6, 6.07) is 0. The van der Waals surface area contributed by atoms with E-state index in [-0.39, 0.29) is 13.9 Å². The fourth-order valence-corrected chi connectivity index (χ4v) is 4.08.